The van der Waals surface area contributed by atoms with Gasteiger partial charge in [-0.25, -0.2) is 4.79 Å². The predicted octanol–water partition coefficient (Wildman–Crippen LogP) is 6.05. The number of amides is 1. The third-order valence-corrected chi connectivity index (χ3v) is 15.2. The number of ketones is 3. The van der Waals surface area contributed by atoms with Gasteiger partial charge in [0.15, 0.2) is 17.9 Å². The van der Waals surface area contributed by atoms with E-state index in [-0.39, 0.29) is 60.9 Å². The molecule has 3 unspecified atom stereocenters. The second-order valence-corrected chi connectivity index (χ2v) is 20.4. The average molecular weight is 966 g/mol. The summed E-state index contributed by atoms with van der Waals surface area (Å²) in [5.41, 5.74) is 1.20. The van der Waals surface area contributed by atoms with E-state index in [9.17, 15) is 34.2 Å². The quantitative estimate of drug-likeness (QED) is 0.235. The third-order valence-electron chi connectivity index (χ3n) is 15.2. The van der Waals surface area contributed by atoms with Crippen molar-refractivity contribution < 1.29 is 57.9 Å². The molecule has 384 valence electrons. The molecule has 0 spiro atoms. The van der Waals surface area contributed by atoms with Crippen LogP contribution in [0.5, 0.6) is 0 Å². The highest BCUT2D eigenvalue weighted by atomic mass is 16.6. The molecule has 3 fully saturated rings. The first-order chi connectivity index (χ1) is 32.8. The number of piperidine rings is 1. The number of hydrogen-bond donors (Lipinski definition) is 2. The van der Waals surface area contributed by atoms with E-state index in [0.717, 1.165) is 18.4 Å². The number of methoxy groups -OCH3 is 3. The van der Waals surface area contributed by atoms with Crippen molar-refractivity contribution >= 4 is 29.2 Å². The Bertz CT molecular complexity index is 2020. The van der Waals surface area contributed by atoms with E-state index in [4.69, 9.17) is 23.7 Å². The fourth-order valence-corrected chi connectivity index (χ4v) is 10.7. The topological polar surface area (TPSA) is 219 Å². The van der Waals surface area contributed by atoms with Gasteiger partial charge in [-0.3, -0.25) is 19.2 Å². The van der Waals surface area contributed by atoms with E-state index in [1.165, 1.54) is 18.3 Å². The van der Waals surface area contributed by atoms with Gasteiger partial charge in [-0.1, -0.05) is 71.1 Å². The lowest BCUT2D eigenvalue weighted by atomic mass is 9.78. The lowest BCUT2D eigenvalue weighted by Gasteiger charge is -2.42. The number of carbonyl (C=O) groups is 5. The third kappa shape index (κ3) is 14.2. The second-order valence-electron chi connectivity index (χ2n) is 20.4. The number of ether oxygens (including phenoxy) is 5. The molecule has 1 aliphatic carbocycles. The van der Waals surface area contributed by atoms with Gasteiger partial charge in [0.05, 0.1) is 30.5 Å². The first kappa shape index (κ1) is 55.7. The van der Waals surface area contributed by atoms with Crippen LogP contribution in [0.3, 0.4) is 0 Å². The standard InChI is InChI=1S/C52H79N5O12/c1-31-16-12-11-13-17-32(2)43(65-8)28-39-21-19-37(7)52(64,69-39)49(61)50(62)56-23-15-14-18-41(56)51(63)68-44(34(4)26-38-20-22-40(45(27-38)66-9)57-54-30-53-55-57)29-42(58)33(3)25-36(6)47(60)48(67-10)46(59)35(5)24-31/h11-13,16-17,25,30-31,34-41,43-45,47-48,60,64H,14-15,18-24,26-29H2,1-10H3/t31-,34-,35-,36?,37-,38+,39?,40+,41?,43+,44+,45-,47-,48+,52-/m1/s1. The van der Waals surface area contributed by atoms with Crippen molar-refractivity contribution in [2.75, 3.05) is 27.9 Å². The lowest BCUT2D eigenvalue weighted by molar-refractivity contribution is -0.265. The van der Waals surface area contributed by atoms with Crippen LogP contribution in [-0.2, 0) is 47.7 Å². The molecule has 1 aromatic rings. The van der Waals surface area contributed by atoms with Crippen LogP contribution in [0.15, 0.2) is 53.9 Å². The Kier molecular flexibility index (Phi) is 20.8. The Hall–Kier alpha value is -4.26. The van der Waals surface area contributed by atoms with Gasteiger partial charge >= 0.3 is 5.97 Å². The molecule has 2 N–H and O–H groups in total. The molecule has 17 nitrogen and oxygen atoms in total. The van der Waals surface area contributed by atoms with Gasteiger partial charge in [-0.2, -0.15) is 4.80 Å². The Morgan fingerprint density at radius 1 is 0.899 bits per heavy atom. The molecule has 5 rings (SSSR count). The van der Waals surface area contributed by atoms with E-state index >= 15 is 0 Å². The first-order valence-corrected chi connectivity index (χ1v) is 25.0. The maximum Gasteiger partial charge on any atom is 0.329 e. The molecule has 1 aromatic heterocycles. The van der Waals surface area contributed by atoms with Crippen LogP contribution in [0, 0.1) is 35.5 Å². The summed E-state index contributed by atoms with van der Waals surface area (Å²) in [5, 5.41) is 35.7. The first-order valence-electron chi connectivity index (χ1n) is 25.0. The molecule has 15 atom stereocenters. The minimum absolute atomic E-state index is 0.0195. The molecule has 2 saturated heterocycles. The number of cyclic esters (lactones) is 1. The summed E-state index contributed by atoms with van der Waals surface area (Å²) in [6, 6.07) is -1.25. The zero-order valence-corrected chi connectivity index (χ0v) is 42.5. The van der Waals surface area contributed by atoms with E-state index in [0.29, 0.717) is 56.9 Å². The van der Waals surface area contributed by atoms with E-state index < -0.39 is 77.8 Å². The second kappa shape index (κ2) is 25.7. The van der Waals surface area contributed by atoms with E-state index in [1.807, 2.05) is 58.1 Å². The summed E-state index contributed by atoms with van der Waals surface area (Å²) >= 11 is 0. The zero-order chi connectivity index (χ0) is 50.6. The number of allylic oxidation sites excluding steroid dienone is 6. The van der Waals surface area contributed by atoms with E-state index in [1.54, 1.807) is 45.9 Å². The number of rotatable bonds is 7. The van der Waals surface area contributed by atoms with Gasteiger partial charge in [0.2, 0.25) is 5.79 Å². The monoisotopic (exact) mass is 966 g/mol. The maximum atomic E-state index is 14.5. The fraction of sp³-hybridized carbons (Fsp3) is 0.731. The predicted molar refractivity (Wildman–Crippen MR) is 256 cm³/mol. The van der Waals surface area contributed by atoms with Crippen LogP contribution in [0.25, 0.3) is 0 Å². The molecular formula is C52H79N5O12. The molecule has 4 aliphatic rings. The number of carbonyl (C=O) groups excluding carboxylic acids is 5. The number of aliphatic hydroxyl groups excluding tert-OH is 1. The SMILES string of the molecule is CO[C@H]1CC2CC[C@@H](C)[C@@](O)(O2)C(=O)C(=O)N2CCCCC2C(=O)O[C@H]([C@H](C)C[C@@H]2CC[C@H](n3ncnn3)[C@H](OC)C2)CC(=O)C(C)=CC(C)[C@@H](O)[C@@H](OC)C(=O)[C@H](C)C[C@H](C)C=CC=CC=C1C. The summed E-state index contributed by atoms with van der Waals surface area (Å²) in [4.78, 5) is 73.9. The highest BCUT2D eigenvalue weighted by Crippen LogP contribution is 2.39. The minimum Gasteiger partial charge on any atom is -0.460 e. The van der Waals surface area contributed by atoms with Crippen LogP contribution in [0.1, 0.15) is 132 Å². The number of hydrogen-bond acceptors (Lipinski definition) is 15. The number of nitrogens with zero attached hydrogens (tertiary/aromatic N) is 5. The average Bonchev–Trinajstić information content (AvgIpc) is 3.88. The van der Waals surface area contributed by atoms with Gasteiger partial charge in [0.1, 0.15) is 18.2 Å². The Morgan fingerprint density at radius 3 is 2.33 bits per heavy atom. The molecule has 4 heterocycles. The van der Waals surface area contributed by atoms with Gasteiger partial charge in [-0.05, 0) is 112 Å². The number of esters is 1. The van der Waals surface area contributed by atoms with Crippen molar-refractivity contribution in [2.45, 2.75) is 180 Å². The summed E-state index contributed by atoms with van der Waals surface area (Å²) in [5.74, 6) is -7.91. The summed E-state index contributed by atoms with van der Waals surface area (Å²) < 4.78 is 29.9. The zero-order valence-electron chi connectivity index (χ0n) is 42.5. The van der Waals surface area contributed by atoms with Crippen LogP contribution >= 0.6 is 0 Å². The highest BCUT2D eigenvalue weighted by Gasteiger charge is 2.53. The minimum atomic E-state index is -2.43. The van der Waals surface area contributed by atoms with Crippen molar-refractivity contribution in [3.05, 3.63) is 53.9 Å². The van der Waals surface area contributed by atoms with Crippen LogP contribution in [0.4, 0.5) is 0 Å². The summed E-state index contributed by atoms with van der Waals surface area (Å²) in [6.07, 6.45) is 13.7. The van der Waals surface area contributed by atoms with Crippen molar-refractivity contribution in [1.82, 2.24) is 25.1 Å². The number of Topliss-reactive ketones (excluding diaryl/α,β-unsaturated/α-hetero) is 3. The number of aliphatic hydroxyl groups is 2. The molecule has 2 bridgehead atoms. The smallest absolute Gasteiger partial charge is 0.329 e. The van der Waals surface area contributed by atoms with Gasteiger partial charge in [0.25, 0.3) is 11.7 Å². The lowest BCUT2D eigenvalue weighted by Crippen LogP contribution is -2.61. The Balaban J connectivity index is 1.46. The van der Waals surface area contributed by atoms with Gasteiger partial charge < -0.3 is 38.8 Å². The van der Waals surface area contributed by atoms with Crippen molar-refractivity contribution in [3.8, 4) is 0 Å². The fourth-order valence-electron chi connectivity index (χ4n) is 10.7. The van der Waals surface area contributed by atoms with Crippen molar-refractivity contribution in [1.29, 1.82) is 0 Å². The number of fused-ring (bicyclic) bond motifs is 3. The van der Waals surface area contributed by atoms with Crippen LogP contribution in [0.2, 0.25) is 0 Å². The molecule has 3 aliphatic heterocycles. The van der Waals surface area contributed by atoms with Gasteiger partial charge in [-0.15, -0.1) is 10.2 Å². The number of aromatic nitrogens is 4. The van der Waals surface area contributed by atoms with Crippen LogP contribution < -0.4 is 0 Å². The van der Waals surface area contributed by atoms with Gasteiger partial charge in [0, 0.05) is 58.5 Å². The molecule has 17 heteroatoms. The van der Waals surface area contributed by atoms with Crippen LogP contribution in [-0.4, -0.2) is 141 Å². The maximum absolute atomic E-state index is 14.5. The number of tetrazole rings is 1. The molecule has 0 aromatic carbocycles. The summed E-state index contributed by atoms with van der Waals surface area (Å²) in [7, 11) is 4.62. The van der Waals surface area contributed by atoms with Crippen molar-refractivity contribution in [3.63, 3.8) is 0 Å². The van der Waals surface area contributed by atoms with Crippen molar-refractivity contribution in [2.24, 2.45) is 35.5 Å². The molecule has 1 amide bonds. The molecular weight excluding hydrogens is 887 g/mol. The normalized spacial score (nSPS) is 36.3. The molecule has 1 saturated carbocycles. The molecule has 0 radical (unpaired) electrons. The Morgan fingerprint density at radius 2 is 1.65 bits per heavy atom. The highest BCUT2D eigenvalue weighted by molar-refractivity contribution is 6.39. The largest absolute Gasteiger partial charge is 0.460 e. The molecule has 69 heavy (non-hydrogen) atoms. The summed E-state index contributed by atoms with van der Waals surface area (Å²) in [6.45, 7) is 12.8. The van der Waals surface area contributed by atoms with E-state index in [2.05, 4.69) is 15.4 Å². The Labute approximate surface area is 408 Å².